The van der Waals surface area contributed by atoms with Crippen molar-refractivity contribution in [1.82, 2.24) is 15.5 Å². The van der Waals surface area contributed by atoms with E-state index in [1.807, 2.05) is 33.2 Å². The molecule has 0 aliphatic heterocycles. The summed E-state index contributed by atoms with van der Waals surface area (Å²) in [6.45, 7) is 2.71. The molecular weight excluding hydrogens is 463 g/mol. The van der Waals surface area contributed by atoms with E-state index in [0.717, 1.165) is 43.2 Å². The van der Waals surface area contributed by atoms with Crippen molar-refractivity contribution in [1.29, 1.82) is 0 Å². The summed E-state index contributed by atoms with van der Waals surface area (Å²) < 4.78 is 17.7. The van der Waals surface area contributed by atoms with E-state index in [1.54, 1.807) is 13.3 Å². The molecule has 150 valence electrons. The highest BCUT2D eigenvalue weighted by atomic mass is 127. The number of nitrogens with zero attached hydrogens (tertiary/aromatic N) is 2. The summed E-state index contributed by atoms with van der Waals surface area (Å²) in [5.74, 6) is 2.48. The Labute approximate surface area is 177 Å². The molecule has 0 spiro atoms. The molecule has 4 unspecified atom stereocenters. The van der Waals surface area contributed by atoms with Crippen molar-refractivity contribution >= 4 is 40.7 Å². The van der Waals surface area contributed by atoms with Gasteiger partial charge in [-0.15, -0.1) is 24.0 Å². The molecule has 1 fully saturated rings. The van der Waals surface area contributed by atoms with Gasteiger partial charge >= 0.3 is 0 Å². The molecule has 2 N–H and O–H groups in total. The summed E-state index contributed by atoms with van der Waals surface area (Å²) in [6, 6.07) is 4.38. The van der Waals surface area contributed by atoms with Gasteiger partial charge in [-0.25, -0.2) is 0 Å². The third-order valence-electron chi connectivity index (χ3n) is 4.80. The standard InChI is InChI=1S/C18H32N4O2S.HI/c1-5-25(23)15-9-6-8-14(12-15)21-18(19-2)20-13-16(22(3)4)17-10-7-11-24-17;/h7,10-11,14-16H,5-6,8-9,12-13H2,1-4H3,(H2,19,20,21);1H. The summed E-state index contributed by atoms with van der Waals surface area (Å²) in [4.78, 5) is 6.48. The maximum atomic E-state index is 12.1. The number of halogens is 1. The number of likely N-dealkylation sites (N-methyl/N-ethyl adjacent to an activating group) is 1. The molecule has 1 aliphatic rings. The monoisotopic (exact) mass is 496 g/mol. The number of rotatable bonds is 7. The Bertz CT molecular complexity index is 566. The Kier molecular flexibility index (Phi) is 10.8. The minimum atomic E-state index is -0.708. The third-order valence-corrected chi connectivity index (χ3v) is 6.55. The molecule has 0 radical (unpaired) electrons. The van der Waals surface area contributed by atoms with E-state index >= 15 is 0 Å². The smallest absolute Gasteiger partial charge is 0.191 e. The zero-order chi connectivity index (χ0) is 18.2. The first-order chi connectivity index (χ1) is 12.0. The van der Waals surface area contributed by atoms with Crippen molar-refractivity contribution < 1.29 is 8.63 Å². The summed E-state index contributed by atoms with van der Waals surface area (Å²) in [6.07, 6.45) is 5.96. The molecule has 8 heteroatoms. The van der Waals surface area contributed by atoms with Crippen LogP contribution in [-0.4, -0.2) is 59.8 Å². The number of hydrogen-bond donors (Lipinski definition) is 2. The highest BCUT2D eigenvalue weighted by Crippen LogP contribution is 2.23. The second-order valence-corrected chi connectivity index (χ2v) is 8.75. The Balaban J connectivity index is 0.00000338. The van der Waals surface area contributed by atoms with Crippen LogP contribution in [0, 0.1) is 0 Å². The Morgan fingerprint density at radius 3 is 2.81 bits per heavy atom. The number of hydrogen-bond acceptors (Lipinski definition) is 4. The first-order valence-corrected chi connectivity index (χ1v) is 10.5. The van der Waals surface area contributed by atoms with Gasteiger partial charge in [-0.05, 0) is 45.5 Å². The first-order valence-electron chi connectivity index (χ1n) is 9.09. The van der Waals surface area contributed by atoms with Crippen LogP contribution < -0.4 is 10.6 Å². The lowest BCUT2D eigenvalue weighted by Gasteiger charge is -2.31. The summed E-state index contributed by atoms with van der Waals surface area (Å²) in [5, 5.41) is 7.23. The van der Waals surface area contributed by atoms with Gasteiger partial charge in [-0.2, -0.15) is 0 Å². The van der Waals surface area contributed by atoms with E-state index in [1.165, 1.54) is 0 Å². The fourth-order valence-electron chi connectivity index (χ4n) is 3.35. The lowest BCUT2D eigenvalue weighted by atomic mass is 9.95. The van der Waals surface area contributed by atoms with Gasteiger partial charge in [0, 0.05) is 41.4 Å². The van der Waals surface area contributed by atoms with Gasteiger partial charge in [0.15, 0.2) is 5.96 Å². The minimum absolute atomic E-state index is 0. The Morgan fingerprint density at radius 1 is 1.46 bits per heavy atom. The Hall–Kier alpha value is -0.610. The molecule has 2 rings (SSSR count). The van der Waals surface area contributed by atoms with Gasteiger partial charge in [0.05, 0.1) is 12.3 Å². The van der Waals surface area contributed by atoms with Crippen LogP contribution in [0.5, 0.6) is 0 Å². The van der Waals surface area contributed by atoms with Crippen LogP contribution in [0.25, 0.3) is 0 Å². The van der Waals surface area contributed by atoms with E-state index in [4.69, 9.17) is 4.42 Å². The highest BCUT2D eigenvalue weighted by Gasteiger charge is 2.26. The largest absolute Gasteiger partial charge is 0.468 e. The molecule has 0 bridgehead atoms. The zero-order valence-corrected chi connectivity index (χ0v) is 19.4. The molecule has 0 amide bonds. The maximum absolute atomic E-state index is 12.1. The van der Waals surface area contributed by atoms with Gasteiger partial charge in [-0.3, -0.25) is 14.1 Å². The van der Waals surface area contributed by atoms with Gasteiger partial charge < -0.3 is 15.1 Å². The van der Waals surface area contributed by atoms with Crippen molar-refractivity contribution in [2.45, 2.75) is 49.9 Å². The number of furan rings is 1. The second-order valence-electron chi connectivity index (χ2n) is 6.75. The fraction of sp³-hybridized carbons (Fsp3) is 0.722. The molecule has 26 heavy (non-hydrogen) atoms. The van der Waals surface area contributed by atoms with Crippen LogP contribution in [0.4, 0.5) is 0 Å². The van der Waals surface area contributed by atoms with E-state index in [0.29, 0.717) is 17.8 Å². The lowest BCUT2D eigenvalue weighted by Crippen LogP contribution is -2.48. The van der Waals surface area contributed by atoms with Gasteiger partial charge in [-0.1, -0.05) is 13.3 Å². The molecular formula is C18H33IN4O2S. The quantitative estimate of drug-likeness (QED) is 0.345. The van der Waals surface area contributed by atoms with Crippen LogP contribution in [-0.2, 0) is 10.8 Å². The third kappa shape index (κ3) is 6.84. The topological polar surface area (TPSA) is 69.9 Å². The number of guanidine groups is 1. The molecule has 1 heterocycles. The minimum Gasteiger partial charge on any atom is -0.468 e. The molecule has 1 saturated carbocycles. The van der Waals surface area contributed by atoms with Gasteiger partial charge in [0.1, 0.15) is 5.76 Å². The van der Waals surface area contributed by atoms with E-state index < -0.39 is 10.8 Å². The number of nitrogens with one attached hydrogen (secondary N) is 2. The average molecular weight is 496 g/mol. The van der Waals surface area contributed by atoms with E-state index in [-0.39, 0.29) is 30.0 Å². The van der Waals surface area contributed by atoms with Crippen LogP contribution in [0.3, 0.4) is 0 Å². The normalized spacial score (nSPS) is 23.2. The summed E-state index contributed by atoms with van der Waals surface area (Å²) >= 11 is 0. The molecule has 1 aromatic heterocycles. The lowest BCUT2D eigenvalue weighted by molar-refractivity contribution is 0.257. The molecule has 6 nitrogen and oxygen atoms in total. The second kappa shape index (κ2) is 12.0. The van der Waals surface area contributed by atoms with Crippen LogP contribution in [0.1, 0.15) is 44.4 Å². The molecule has 1 aliphatic carbocycles. The SMILES string of the molecule is CCS(=O)C1CCCC(NC(=NC)NCC(c2ccco2)N(C)C)C1.I. The average Bonchev–Trinajstić information content (AvgIpc) is 3.14. The van der Waals surface area contributed by atoms with Crippen LogP contribution >= 0.6 is 24.0 Å². The number of aliphatic imine (C=N–C) groups is 1. The van der Waals surface area contributed by atoms with Crippen molar-refractivity contribution in [3.63, 3.8) is 0 Å². The fourth-order valence-corrected chi connectivity index (χ4v) is 4.70. The first kappa shape index (κ1) is 23.4. The van der Waals surface area contributed by atoms with Crippen molar-refractivity contribution in [2.75, 3.05) is 33.4 Å². The molecule has 0 aromatic carbocycles. The maximum Gasteiger partial charge on any atom is 0.191 e. The Morgan fingerprint density at radius 2 is 2.23 bits per heavy atom. The van der Waals surface area contributed by atoms with Crippen molar-refractivity contribution in [3.8, 4) is 0 Å². The zero-order valence-electron chi connectivity index (χ0n) is 16.2. The summed E-state index contributed by atoms with van der Waals surface area (Å²) in [5.41, 5.74) is 0. The molecule has 0 saturated heterocycles. The summed E-state index contributed by atoms with van der Waals surface area (Å²) in [7, 11) is 5.16. The van der Waals surface area contributed by atoms with Gasteiger partial charge in [0.25, 0.3) is 0 Å². The highest BCUT2D eigenvalue weighted by molar-refractivity contribution is 14.0. The van der Waals surface area contributed by atoms with Crippen molar-refractivity contribution in [2.24, 2.45) is 4.99 Å². The van der Waals surface area contributed by atoms with Crippen molar-refractivity contribution in [3.05, 3.63) is 24.2 Å². The molecule has 1 aromatic rings. The predicted molar refractivity (Wildman–Crippen MR) is 120 cm³/mol. The molecule has 4 atom stereocenters. The van der Waals surface area contributed by atoms with E-state index in [9.17, 15) is 4.21 Å². The van der Waals surface area contributed by atoms with E-state index in [2.05, 4.69) is 20.5 Å². The van der Waals surface area contributed by atoms with Crippen LogP contribution in [0.15, 0.2) is 27.8 Å². The van der Waals surface area contributed by atoms with Gasteiger partial charge in [0.2, 0.25) is 0 Å². The predicted octanol–water partition coefficient (Wildman–Crippen LogP) is 2.75. The van der Waals surface area contributed by atoms with Crippen LogP contribution in [0.2, 0.25) is 0 Å².